The van der Waals surface area contributed by atoms with Gasteiger partial charge in [0.2, 0.25) is 6.17 Å². The molecule has 2 rings (SSSR count). The summed E-state index contributed by atoms with van der Waals surface area (Å²) in [4.78, 5) is 12.5. The molecule has 1 fully saturated rings. The van der Waals surface area contributed by atoms with Crippen molar-refractivity contribution in [1.29, 1.82) is 0 Å². The zero-order valence-electron chi connectivity index (χ0n) is 12.8. The SMILES string of the molecule is COc1ccccc1C(=O)N[C@@H]([NH2+][C@H]1CCS(=O)(=O)C1)C(Cl)(Cl)Cl. The van der Waals surface area contributed by atoms with Gasteiger partial charge in [-0.3, -0.25) is 10.1 Å². The van der Waals surface area contributed by atoms with Crippen LogP contribution in [-0.2, 0) is 9.84 Å². The molecular weight excluding hydrogens is 399 g/mol. The average Bonchev–Trinajstić information content (AvgIpc) is 2.84. The first-order valence-corrected chi connectivity index (χ1v) is 10.1. The smallest absolute Gasteiger partial charge is 0.262 e. The predicted molar refractivity (Wildman–Crippen MR) is 93.5 cm³/mol. The standard InChI is InChI=1S/C14H17Cl3N2O4S/c1-23-11-5-3-2-4-10(11)12(20)19-13(14(15,16)17)18-9-6-7-24(21,22)8-9/h2-5,9,13,18H,6-8H2,1H3,(H,19,20)/p+1/t9-,13+/m0/s1. The molecule has 0 radical (unpaired) electrons. The summed E-state index contributed by atoms with van der Waals surface area (Å²) in [5, 5.41) is 4.23. The van der Waals surface area contributed by atoms with Crippen molar-refractivity contribution < 1.29 is 23.3 Å². The Balaban J connectivity index is 2.13. The third-order valence-electron chi connectivity index (χ3n) is 3.72. The second-order valence-corrected chi connectivity index (χ2v) is 10.1. The van der Waals surface area contributed by atoms with Crippen LogP contribution in [0.3, 0.4) is 0 Å². The van der Waals surface area contributed by atoms with Crippen molar-refractivity contribution in [1.82, 2.24) is 5.32 Å². The first-order valence-electron chi connectivity index (χ1n) is 7.18. The molecule has 0 spiro atoms. The van der Waals surface area contributed by atoms with Crippen molar-refractivity contribution in [2.75, 3.05) is 18.6 Å². The average molecular weight is 417 g/mol. The van der Waals surface area contributed by atoms with Crippen molar-refractivity contribution in [3.05, 3.63) is 29.8 Å². The van der Waals surface area contributed by atoms with Crippen LogP contribution >= 0.6 is 34.8 Å². The van der Waals surface area contributed by atoms with E-state index in [9.17, 15) is 13.2 Å². The molecule has 24 heavy (non-hydrogen) atoms. The van der Waals surface area contributed by atoms with Gasteiger partial charge in [0, 0.05) is 6.42 Å². The number of benzene rings is 1. The van der Waals surface area contributed by atoms with Crippen molar-refractivity contribution in [3.8, 4) is 5.75 Å². The molecule has 1 aromatic rings. The highest BCUT2D eigenvalue weighted by Gasteiger charge is 2.42. The minimum atomic E-state index is -3.07. The van der Waals surface area contributed by atoms with Crippen molar-refractivity contribution >= 4 is 50.5 Å². The maximum Gasteiger partial charge on any atom is 0.262 e. The highest BCUT2D eigenvalue weighted by molar-refractivity contribution is 7.91. The molecule has 0 aliphatic carbocycles. The molecule has 6 nitrogen and oxygen atoms in total. The Hall–Kier alpha value is -0.730. The predicted octanol–water partition coefficient (Wildman–Crippen LogP) is 0.872. The highest BCUT2D eigenvalue weighted by Crippen LogP contribution is 2.28. The van der Waals surface area contributed by atoms with Gasteiger partial charge in [-0.25, -0.2) is 8.42 Å². The zero-order chi connectivity index (χ0) is 18.0. The summed E-state index contributed by atoms with van der Waals surface area (Å²) in [6, 6.07) is 6.39. The van der Waals surface area contributed by atoms with Gasteiger partial charge in [-0.1, -0.05) is 46.9 Å². The summed E-state index contributed by atoms with van der Waals surface area (Å²) >= 11 is 17.9. The van der Waals surface area contributed by atoms with E-state index in [1.807, 2.05) is 0 Å². The number of carbonyl (C=O) groups is 1. The molecule has 1 heterocycles. The number of ether oxygens (including phenoxy) is 1. The van der Waals surface area contributed by atoms with Crippen LogP contribution in [0.5, 0.6) is 5.75 Å². The second-order valence-electron chi connectivity index (χ2n) is 5.55. The van der Waals surface area contributed by atoms with Gasteiger partial charge < -0.3 is 10.1 Å². The number of rotatable bonds is 5. The Labute approximate surface area is 155 Å². The monoisotopic (exact) mass is 415 g/mol. The quantitative estimate of drug-likeness (QED) is 0.551. The van der Waals surface area contributed by atoms with E-state index >= 15 is 0 Å². The van der Waals surface area contributed by atoms with Crippen LogP contribution in [0.4, 0.5) is 0 Å². The van der Waals surface area contributed by atoms with E-state index < -0.39 is 25.7 Å². The topological polar surface area (TPSA) is 89.1 Å². The summed E-state index contributed by atoms with van der Waals surface area (Å²) in [6.45, 7) is 0. The minimum Gasteiger partial charge on any atom is -0.496 e. The number of amides is 1. The van der Waals surface area contributed by atoms with Gasteiger partial charge >= 0.3 is 0 Å². The highest BCUT2D eigenvalue weighted by atomic mass is 35.6. The summed E-state index contributed by atoms with van der Waals surface area (Å²) in [7, 11) is -1.62. The Morgan fingerprint density at radius 1 is 1.38 bits per heavy atom. The van der Waals surface area contributed by atoms with Gasteiger partial charge in [0.1, 0.15) is 17.5 Å². The minimum absolute atomic E-state index is 0.00518. The molecular formula is C14H18Cl3N2O4S+. The Morgan fingerprint density at radius 3 is 2.58 bits per heavy atom. The molecule has 3 N–H and O–H groups in total. The summed E-state index contributed by atoms with van der Waals surface area (Å²) in [5.74, 6) is 0.0121. The van der Waals surface area contributed by atoms with Crippen LogP contribution in [0, 0.1) is 0 Å². The van der Waals surface area contributed by atoms with Crippen LogP contribution in [0.2, 0.25) is 0 Å². The van der Waals surface area contributed by atoms with E-state index in [-0.39, 0.29) is 17.5 Å². The Kier molecular flexibility index (Phi) is 6.25. The molecule has 1 saturated heterocycles. The number of nitrogens with two attached hydrogens (primary N) is 1. The van der Waals surface area contributed by atoms with Crippen LogP contribution < -0.4 is 15.4 Å². The summed E-state index contributed by atoms with van der Waals surface area (Å²) in [6.07, 6.45) is -0.484. The lowest BCUT2D eigenvalue weighted by Gasteiger charge is -2.26. The Morgan fingerprint density at radius 2 is 2.04 bits per heavy atom. The fourth-order valence-electron chi connectivity index (χ4n) is 2.54. The van der Waals surface area contributed by atoms with Crippen molar-refractivity contribution in [2.24, 2.45) is 0 Å². The van der Waals surface area contributed by atoms with Crippen molar-refractivity contribution in [3.63, 3.8) is 0 Å². The molecule has 1 amide bonds. The second kappa shape index (κ2) is 7.66. The van der Waals surface area contributed by atoms with Gasteiger partial charge in [0.25, 0.3) is 9.70 Å². The van der Waals surface area contributed by atoms with E-state index in [1.54, 1.807) is 29.6 Å². The summed E-state index contributed by atoms with van der Waals surface area (Å²) < 4.78 is 26.5. The molecule has 0 saturated carbocycles. The van der Waals surface area contributed by atoms with Crippen molar-refractivity contribution in [2.45, 2.75) is 22.4 Å². The van der Waals surface area contributed by atoms with E-state index in [0.717, 1.165) is 0 Å². The zero-order valence-corrected chi connectivity index (χ0v) is 15.9. The summed E-state index contributed by atoms with van der Waals surface area (Å²) in [5.41, 5.74) is 0.298. The van der Waals surface area contributed by atoms with E-state index in [4.69, 9.17) is 39.5 Å². The number of sulfone groups is 1. The fraction of sp³-hybridized carbons (Fsp3) is 0.500. The molecule has 1 aromatic carbocycles. The third-order valence-corrected chi connectivity index (χ3v) is 6.22. The number of methoxy groups -OCH3 is 1. The third kappa shape index (κ3) is 5.13. The van der Waals surface area contributed by atoms with Crippen LogP contribution in [-0.4, -0.2) is 48.9 Å². The fourth-order valence-corrected chi connectivity index (χ4v) is 4.68. The van der Waals surface area contributed by atoms with Crippen LogP contribution in [0.25, 0.3) is 0 Å². The van der Waals surface area contributed by atoms with Gasteiger partial charge in [-0.15, -0.1) is 0 Å². The largest absolute Gasteiger partial charge is 0.496 e. The van der Waals surface area contributed by atoms with Crippen LogP contribution in [0.1, 0.15) is 16.8 Å². The van der Waals surface area contributed by atoms with E-state index in [1.165, 1.54) is 7.11 Å². The molecule has 0 unspecified atom stereocenters. The van der Waals surface area contributed by atoms with E-state index in [2.05, 4.69) is 5.32 Å². The number of nitrogens with one attached hydrogen (secondary N) is 1. The normalized spacial score (nSPS) is 21.2. The first kappa shape index (κ1) is 19.6. The molecule has 0 aromatic heterocycles. The molecule has 134 valence electrons. The number of alkyl halides is 3. The van der Waals surface area contributed by atoms with Gasteiger partial charge in [0.05, 0.1) is 18.4 Å². The molecule has 2 atom stereocenters. The number of hydrogen-bond acceptors (Lipinski definition) is 4. The lowest BCUT2D eigenvalue weighted by atomic mass is 10.2. The van der Waals surface area contributed by atoms with Gasteiger partial charge in [-0.05, 0) is 12.1 Å². The van der Waals surface area contributed by atoms with Crippen LogP contribution in [0.15, 0.2) is 24.3 Å². The number of hydrogen-bond donors (Lipinski definition) is 2. The maximum atomic E-state index is 12.5. The molecule has 1 aliphatic rings. The lowest BCUT2D eigenvalue weighted by molar-refractivity contribution is -0.719. The molecule has 0 bridgehead atoms. The molecule has 1 aliphatic heterocycles. The number of quaternary nitrogens is 1. The van der Waals surface area contributed by atoms with Gasteiger partial charge in [-0.2, -0.15) is 0 Å². The van der Waals surface area contributed by atoms with Gasteiger partial charge in [0.15, 0.2) is 9.84 Å². The first-order chi connectivity index (χ1) is 11.1. The Bertz CT molecular complexity index is 706. The number of carbonyl (C=O) groups excluding carboxylic acids is 1. The lowest BCUT2D eigenvalue weighted by Crippen LogP contribution is -3.00. The molecule has 10 heteroatoms. The number of para-hydroxylation sites is 1. The maximum absolute atomic E-state index is 12.5. The number of halogens is 3. The van der Waals surface area contributed by atoms with E-state index in [0.29, 0.717) is 17.7 Å².